The number of hydrogen-bond donors (Lipinski definition) is 1. The number of halogens is 2. The molecule has 1 N–H and O–H groups in total. The molecule has 25 heavy (non-hydrogen) atoms. The molecule has 0 aliphatic heterocycles. The summed E-state index contributed by atoms with van der Waals surface area (Å²) in [4.78, 5) is 5.36. The van der Waals surface area contributed by atoms with Gasteiger partial charge in [-0.2, -0.15) is 0 Å². The first-order chi connectivity index (χ1) is 12.1. The molecule has 0 unspecified atom stereocenters. The maximum atomic E-state index is 12.4. The summed E-state index contributed by atoms with van der Waals surface area (Å²) in [6.45, 7) is 10.1. The Hall–Kier alpha value is -2.37. The fraction of sp³-hybridized carbons (Fsp3) is 0.316. The molecule has 0 saturated carbocycles. The lowest BCUT2D eigenvalue weighted by atomic mass is 10.2. The van der Waals surface area contributed by atoms with Crippen LogP contribution in [0.1, 0.15) is 33.3 Å². The van der Waals surface area contributed by atoms with Crippen LogP contribution in [0.25, 0.3) is 0 Å². The van der Waals surface area contributed by atoms with E-state index >= 15 is 0 Å². The van der Waals surface area contributed by atoms with Crippen LogP contribution < -0.4 is 14.5 Å². The van der Waals surface area contributed by atoms with Gasteiger partial charge in [0.1, 0.15) is 5.75 Å². The van der Waals surface area contributed by atoms with Crippen molar-refractivity contribution in [3.05, 3.63) is 54.1 Å². The Morgan fingerprint density at radius 2 is 1.60 bits per heavy atom. The highest BCUT2D eigenvalue weighted by molar-refractivity contribution is 6.35. The number of nitrogens with zero attached hydrogens (tertiary/aromatic N) is 1. The van der Waals surface area contributed by atoms with Gasteiger partial charge in [0, 0.05) is 30.9 Å². The standard InChI is InChI=1S/C17H19BF2N2O.C2H6/c1-3-22(4-2)16-11-9-15(10-12-16)21-13-14-7-5-6-8-17(14)23-18(19)20;1-2/h5-13H,3-4H2,1-2H3;1-2H3/p+1. The van der Waals surface area contributed by atoms with Crippen molar-refractivity contribution in [2.24, 2.45) is 0 Å². The molecule has 0 amide bonds. The van der Waals surface area contributed by atoms with Crippen LogP contribution in [0.15, 0.2) is 48.5 Å². The lowest BCUT2D eigenvalue weighted by molar-refractivity contribution is -0.346. The molecule has 0 bridgehead atoms. The Bertz CT molecular complexity index is 644. The third-order valence-electron chi connectivity index (χ3n) is 3.53. The van der Waals surface area contributed by atoms with Gasteiger partial charge in [0.15, 0.2) is 6.21 Å². The SMILES string of the molecule is CC.CCN(CC)c1ccc([NH+]=Cc2ccccc2OB(F)F)cc1. The zero-order valence-electron chi connectivity index (χ0n) is 15.3. The predicted molar refractivity (Wildman–Crippen MR) is 102 cm³/mol. The lowest BCUT2D eigenvalue weighted by Crippen LogP contribution is -2.61. The first-order valence-electron chi connectivity index (χ1n) is 8.62. The maximum Gasteiger partial charge on any atom is 0.796 e. The fourth-order valence-corrected chi connectivity index (χ4v) is 2.32. The van der Waals surface area contributed by atoms with Crippen molar-refractivity contribution in [1.82, 2.24) is 0 Å². The average molecular weight is 347 g/mol. The van der Waals surface area contributed by atoms with Gasteiger partial charge >= 0.3 is 7.47 Å². The minimum atomic E-state index is -2.84. The van der Waals surface area contributed by atoms with Crippen LogP contribution >= 0.6 is 0 Å². The Labute approximate surface area is 149 Å². The van der Waals surface area contributed by atoms with E-state index in [9.17, 15) is 8.63 Å². The Balaban J connectivity index is 0.00000151. The molecule has 2 aromatic rings. The van der Waals surface area contributed by atoms with Crippen LogP contribution in [0.4, 0.5) is 20.0 Å². The van der Waals surface area contributed by atoms with Gasteiger partial charge in [-0.3, -0.25) is 0 Å². The van der Waals surface area contributed by atoms with Crippen molar-refractivity contribution in [3.63, 3.8) is 0 Å². The molecular formula is C19H26BF2N2O+. The first kappa shape index (κ1) is 20.7. The Morgan fingerprint density at radius 1 is 1.00 bits per heavy atom. The van der Waals surface area contributed by atoms with Gasteiger partial charge in [0.25, 0.3) is 0 Å². The summed E-state index contributed by atoms with van der Waals surface area (Å²) in [5.41, 5.74) is 2.61. The second kappa shape index (κ2) is 11.2. The maximum absolute atomic E-state index is 12.4. The van der Waals surface area contributed by atoms with Gasteiger partial charge < -0.3 is 9.55 Å². The van der Waals surface area contributed by atoms with E-state index in [0.717, 1.165) is 24.5 Å². The van der Waals surface area contributed by atoms with Gasteiger partial charge in [-0.05, 0) is 38.1 Å². The molecule has 6 heteroatoms. The van der Waals surface area contributed by atoms with Crippen LogP contribution in [0, 0.1) is 0 Å². The molecule has 0 aliphatic carbocycles. The van der Waals surface area contributed by atoms with E-state index in [1.807, 2.05) is 38.1 Å². The van der Waals surface area contributed by atoms with Crippen molar-refractivity contribution in [3.8, 4) is 5.75 Å². The fourth-order valence-electron chi connectivity index (χ4n) is 2.32. The second-order valence-electron chi connectivity index (χ2n) is 4.92. The zero-order chi connectivity index (χ0) is 18.7. The van der Waals surface area contributed by atoms with Crippen molar-refractivity contribution in [1.29, 1.82) is 0 Å². The van der Waals surface area contributed by atoms with Crippen molar-refractivity contribution >= 4 is 25.1 Å². The molecule has 0 radical (unpaired) electrons. The number of anilines is 1. The zero-order valence-corrected chi connectivity index (χ0v) is 15.3. The molecule has 3 nitrogen and oxygen atoms in total. The molecular weight excluding hydrogens is 321 g/mol. The first-order valence-corrected chi connectivity index (χ1v) is 8.62. The van der Waals surface area contributed by atoms with E-state index in [1.54, 1.807) is 24.4 Å². The largest absolute Gasteiger partial charge is 0.796 e. The van der Waals surface area contributed by atoms with Gasteiger partial charge in [-0.15, -0.1) is 0 Å². The van der Waals surface area contributed by atoms with Crippen LogP contribution in [0.3, 0.4) is 0 Å². The van der Waals surface area contributed by atoms with E-state index < -0.39 is 7.47 Å². The molecule has 0 atom stereocenters. The Morgan fingerprint density at radius 3 is 2.16 bits per heavy atom. The van der Waals surface area contributed by atoms with Gasteiger partial charge in [0.2, 0.25) is 5.69 Å². The van der Waals surface area contributed by atoms with E-state index in [4.69, 9.17) is 0 Å². The molecule has 0 aromatic heterocycles. The summed E-state index contributed by atoms with van der Waals surface area (Å²) in [6.07, 6.45) is 1.66. The highest BCUT2D eigenvalue weighted by Crippen LogP contribution is 2.17. The smallest absolute Gasteiger partial charge is 0.505 e. The number of benzene rings is 2. The van der Waals surface area contributed by atoms with E-state index in [0.29, 0.717) is 5.56 Å². The normalized spacial score (nSPS) is 10.2. The summed E-state index contributed by atoms with van der Waals surface area (Å²) in [5, 5.41) is 0. The van der Waals surface area contributed by atoms with Gasteiger partial charge in [0.05, 0.1) is 5.56 Å². The molecule has 0 fully saturated rings. The molecule has 0 spiro atoms. The molecule has 134 valence electrons. The summed E-state index contributed by atoms with van der Waals surface area (Å²) in [6, 6.07) is 14.7. The van der Waals surface area contributed by atoms with Gasteiger partial charge in [-0.25, -0.2) is 13.6 Å². The van der Waals surface area contributed by atoms with Crippen LogP contribution in [-0.2, 0) is 0 Å². The van der Waals surface area contributed by atoms with Gasteiger partial charge in [-0.1, -0.05) is 26.0 Å². The van der Waals surface area contributed by atoms with E-state index in [-0.39, 0.29) is 5.75 Å². The Kier molecular flexibility index (Phi) is 9.29. The number of rotatable bonds is 7. The summed E-state index contributed by atoms with van der Waals surface area (Å²) in [7, 11) is -2.84. The summed E-state index contributed by atoms with van der Waals surface area (Å²) >= 11 is 0. The topological polar surface area (TPSA) is 26.4 Å². The average Bonchev–Trinajstić information content (AvgIpc) is 2.64. The van der Waals surface area contributed by atoms with Crippen LogP contribution in [-0.4, -0.2) is 26.8 Å². The van der Waals surface area contributed by atoms with Crippen LogP contribution in [0.5, 0.6) is 5.75 Å². The monoisotopic (exact) mass is 347 g/mol. The van der Waals surface area contributed by atoms with Crippen molar-refractivity contribution in [2.75, 3.05) is 18.0 Å². The molecule has 0 heterocycles. The van der Waals surface area contributed by atoms with Crippen molar-refractivity contribution in [2.45, 2.75) is 27.7 Å². The number of nitrogens with one attached hydrogen (secondary N) is 1. The molecule has 0 saturated heterocycles. The van der Waals surface area contributed by atoms with Crippen LogP contribution in [0.2, 0.25) is 0 Å². The minimum absolute atomic E-state index is 0.148. The van der Waals surface area contributed by atoms with Crippen molar-refractivity contribution < 1.29 is 18.3 Å². The minimum Gasteiger partial charge on any atom is -0.505 e. The third-order valence-corrected chi connectivity index (χ3v) is 3.53. The molecule has 2 aromatic carbocycles. The summed E-state index contributed by atoms with van der Waals surface area (Å²) in [5.74, 6) is 0.148. The number of hydrogen-bond acceptors (Lipinski definition) is 2. The third kappa shape index (κ3) is 6.57. The van der Waals surface area contributed by atoms with E-state index in [1.165, 1.54) is 6.07 Å². The molecule has 0 aliphatic rings. The predicted octanol–water partition coefficient (Wildman–Crippen LogP) is 3.69. The second-order valence-corrected chi connectivity index (χ2v) is 4.92. The quantitative estimate of drug-likeness (QED) is 0.611. The number of para-hydroxylation sites is 1. The highest BCUT2D eigenvalue weighted by Gasteiger charge is 2.19. The highest BCUT2D eigenvalue weighted by atomic mass is 19.2. The summed E-state index contributed by atoms with van der Waals surface area (Å²) < 4.78 is 29.3. The lowest BCUT2D eigenvalue weighted by Gasteiger charge is -2.20. The van der Waals surface area contributed by atoms with E-state index in [2.05, 4.69) is 28.4 Å². The molecule has 2 rings (SSSR count).